The van der Waals surface area contributed by atoms with Crippen molar-refractivity contribution >= 4 is 23.3 Å². The molecule has 0 aromatic carbocycles. The minimum Gasteiger partial charge on any atom is -0.344 e. The van der Waals surface area contributed by atoms with Crippen molar-refractivity contribution in [3.05, 3.63) is 17.3 Å². The fraction of sp³-hybridized carbons (Fsp3) is 0.444. The van der Waals surface area contributed by atoms with E-state index in [1.807, 2.05) is 4.90 Å². The van der Waals surface area contributed by atoms with E-state index in [1.54, 1.807) is 24.1 Å². The topological polar surface area (TPSA) is 49.3 Å². The number of carbonyl (C=O) groups is 1. The predicted molar refractivity (Wildman–Crippen MR) is 56.9 cm³/mol. The highest BCUT2D eigenvalue weighted by Crippen LogP contribution is 2.13. The van der Waals surface area contributed by atoms with Crippen LogP contribution in [-0.4, -0.2) is 47.7 Å². The zero-order valence-corrected chi connectivity index (χ0v) is 9.11. The molecule has 6 heteroatoms. The Morgan fingerprint density at radius 1 is 1.33 bits per heavy atom. The lowest BCUT2D eigenvalue weighted by atomic mass is 10.3. The molecule has 1 amide bonds. The van der Waals surface area contributed by atoms with Crippen molar-refractivity contribution in [2.75, 3.05) is 31.6 Å². The van der Waals surface area contributed by atoms with Crippen LogP contribution in [0, 0.1) is 0 Å². The average Bonchev–Trinajstić information content (AvgIpc) is 2.23. The lowest BCUT2D eigenvalue weighted by molar-refractivity contribution is -0.129. The molecule has 2 rings (SSSR count). The third kappa shape index (κ3) is 2.18. The Hall–Kier alpha value is -1.36. The van der Waals surface area contributed by atoms with E-state index in [0.717, 1.165) is 6.54 Å². The molecular formula is C9H11ClN4O. The molecule has 15 heavy (non-hydrogen) atoms. The summed E-state index contributed by atoms with van der Waals surface area (Å²) in [6.07, 6.45) is 0. The van der Waals surface area contributed by atoms with E-state index in [4.69, 9.17) is 11.6 Å². The standard InChI is InChI=1S/C9H11ClN4O/c1-13-4-5-14(6-9(13)15)8-3-2-7(10)11-12-8/h2-3H,4-6H2,1H3. The van der Waals surface area contributed by atoms with E-state index in [0.29, 0.717) is 24.1 Å². The van der Waals surface area contributed by atoms with Gasteiger partial charge in [0, 0.05) is 20.1 Å². The Labute approximate surface area is 92.6 Å². The maximum absolute atomic E-state index is 11.5. The summed E-state index contributed by atoms with van der Waals surface area (Å²) >= 11 is 5.64. The number of amides is 1. The van der Waals surface area contributed by atoms with Gasteiger partial charge in [-0.1, -0.05) is 11.6 Å². The van der Waals surface area contributed by atoms with E-state index in [2.05, 4.69) is 10.2 Å². The number of nitrogens with zero attached hydrogens (tertiary/aromatic N) is 4. The molecule has 1 aromatic heterocycles. The summed E-state index contributed by atoms with van der Waals surface area (Å²) in [7, 11) is 1.80. The molecule has 0 saturated carbocycles. The molecule has 1 aliphatic heterocycles. The highest BCUT2D eigenvalue weighted by atomic mass is 35.5. The first kappa shape index (κ1) is 10.2. The number of hydrogen-bond acceptors (Lipinski definition) is 4. The molecule has 0 aliphatic carbocycles. The van der Waals surface area contributed by atoms with Crippen LogP contribution in [0.15, 0.2) is 12.1 Å². The first-order valence-corrected chi connectivity index (χ1v) is 5.03. The van der Waals surface area contributed by atoms with Gasteiger partial charge in [0.25, 0.3) is 0 Å². The number of aromatic nitrogens is 2. The summed E-state index contributed by atoms with van der Waals surface area (Å²) in [5.41, 5.74) is 0. The van der Waals surface area contributed by atoms with Crippen molar-refractivity contribution in [3.63, 3.8) is 0 Å². The molecule has 1 aromatic rings. The van der Waals surface area contributed by atoms with E-state index >= 15 is 0 Å². The van der Waals surface area contributed by atoms with Gasteiger partial charge in [0.1, 0.15) is 0 Å². The highest BCUT2D eigenvalue weighted by Gasteiger charge is 2.21. The summed E-state index contributed by atoms with van der Waals surface area (Å²) in [6.45, 7) is 1.84. The lowest BCUT2D eigenvalue weighted by Gasteiger charge is -2.32. The van der Waals surface area contributed by atoms with Gasteiger partial charge in [-0.05, 0) is 12.1 Å². The van der Waals surface area contributed by atoms with Crippen molar-refractivity contribution in [2.45, 2.75) is 0 Å². The van der Waals surface area contributed by atoms with Crippen LogP contribution in [0.25, 0.3) is 0 Å². The summed E-state index contributed by atoms with van der Waals surface area (Å²) in [5.74, 6) is 0.791. The minimum atomic E-state index is 0.0954. The maximum atomic E-state index is 11.5. The Bertz CT molecular complexity index is 367. The van der Waals surface area contributed by atoms with Crippen LogP contribution in [0.4, 0.5) is 5.82 Å². The van der Waals surface area contributed by atoms with Gasteiger partial charge in [0.15, 0.2) is 11.0 Å². The van der Waals surface area contributed by atoms with E-state index < -0.39 is 0 Å². The third-order valence-corrected chi connectivity index (χ3v) is 2.60. The molecule has 2 heterocycles. The second-order valence-electron chi connectivity index (χ2n) is 3.45. The molecule has 1 fully saturated rings. The van der Waals surface area contributed by atoms with Crippen LogP contribution in [0.2, 0.25) is 5.15 Å². The van der Waals surface area contributed by atoms with Crippen LogP contribution in [0.1, 0.15) is 0 Å². The SMILES string of the molecule is CN1CCN(c2ccc(Cl)nn2)CC1=O. The minimum absolute atomic E-state index is 0.0954. The first-order chi connectivity index (χ1) is 7.16. The average molecular weight is 227 g/mol. The molecule has 1 aliphatic rings. The zero-order chi connectivity index (χ0) is 10.8. The van der Waals surface area contributed by atoms with E-state index in [9.17, 15) is 4.79 Å². The van der Waals surface area contributed by atoms with Crippen LogP contribution in [0.3, 0.4) is 0 Å². The van der Waals surface area contributed by atoms with Crippen molar-refractivity contribution in [1.29, 1.82) is 0 Å². The summed E-state index contributed by atoms with van der Waals surface area (Å²) in [5, 5.41) is 8.04. The molecule has 1 saturated heterocycles. The van der Waals surface area contributed by atoms with Crippen molar-refractivity contribution in [1.82, 2.24) is 15.1 Å². The number of hydrogen-bond donors (Lipinski definition) is 0. The highest BCUT2D eigenvalue weighted by molar-refractivity contribution is 6.29. The fourth-order valence-electron chi connectivity index (χ4n) is 1.43. The summed E-state index contributed by atoms with van der Waals surface area (Å²) in [6, 6.07) is 3.45. The molecular weight excluding hydrogens is 216 g/mol. The van der Waals surface area contributed by atoms with Gasteiger partial charge in [-0.15, -0.1) is 10.2 Å². The zero-order valence-electron chi connectivity index (χ0n) is 8.35. The number of carbonyl (C=O) groups excluding carboxylic acids is 1. The van der Waals surface area contributed by atoms with Crippen molar-refractivity contribution in [2.24, 2.45) is 0 Å². The van der Waals surface area contributed by atoms with Gasteiger partial charge < -0.3 is 9.80 Å². The molecule has 0 radical (unpaired) electrons. The lowest BCUT2D eigenvalue weighted by Crippen LogP contribution is -2.48. The molecule has 0 spiro atoms. The Balaban J connectivity index is 2.12. The fourth-order valence-corrected chi connectivity index (χ4v) is 1.53. The molecule has 5 nitrogen and oxygen atoms in total. The van der Waals surface area contributed by atoms with Gasteiger partial charge in [-0.3, -0.25) is 4.79 Å². The Morgan fingerprint density at radius 2 is 2.13 bits per heavy atom. The van der Waals surface area contributed by atoms with Gasteiger partial charge in [0.2, 0.25) is 5.91 Å². The monoisotopic (exact) mass is 226 g/mol. The Kier molecular flexibility index (Phi) is 2.73. The largest absolute Gasteiger partial charge is 0.344 e. The normalized spacial score (nSPS) is 17.1. The van der Waals surface area contributed by atoms with Gasteiger partial charge in [0.05, 0.1) is 6.54 Å². The van der Waals surface area contributed by atoms with Crippen LogP contribution in [0.5, 0.6) is 0 Å². The third-order valence-electron chi connectivity index (χ3n) is 2.40. The predicted octanol–water partition coefficient (Wildman–Crippen LogP) is 0.408. The van der Waals surface area contributed by atoms with Gasteiger partial charge in [-0.2, -0.15) is 0 Å². The number of piperazine rings is 1. The van der Waals surface area contributed by atoms with Crippen molar-refractivity contribution < 1.29 is 4.79 Å². The van der Waals surface area contributed by atoms with Crippen LogP contribution >= 0.6 is 11.6 Å². The van der Waals surface area contributed by atoms with Crippen LogP contribution in [-0.2, 0) is 4.79 Å². The smallest absolute Gasteiger partial charge is 0.241 e. The quantitative estimate of drug-likeness (QED) is 0.696. The number of rotatable bonds is 1. The van der Waals surface area contributed by atoms with Crippen LogP contribution < -0.4 is 4.90 Å². The van der Waals surface area contributed by atoms with Crippen molar-refractivity contribution in [3.8, 4) is 0 Å². The second-order valence-corrected chi connectivity index (χ2v) is 3.84. The number of likely N-dealkylation sites (N-methyl/N-ethyl adjacent to an activating group) is 1. The van der Waals surface area contributed by atoms with E-state index in [-0.39, 0.29) is 5.91 Å². The number of anilines is 1. The summed E-state index contributed by atoms with van der Waals surface area (Å²) in [4.78, 5) is 15.1. The number of halogens is 1. The molecule has 80 valence electrons. The Morgan fingerprint density at radius 3 is 2.73 bits per heavy atom. The molecule has 0 unspecified atom stereocenters. The van der Waals surface area contributed by atoms with E-state index in [1.165, 1.54) is 0 Å². The molecule has 0 N–H and O–H groups in total. The van der Waals surface area contributed by atoms with Gasteiger partial charge in [-0.25, -0.2) is 0 Å². The maximum Gasteiger partial charge on any atom is 0.241 e. The summed E-state index contributed by atoms with van der Waals surface area (Å²) < 4.78 is 0. The molecule has 0 bridgehead atoms. The first-order valence-electron chi connectivity index (χ1n) is 4.65. The molecule has 0 atom stereocenters. The second kappa shape index (κ2) is 4.02. The van der Waals surface area contributed by atoms with Gasteiger partial charge >= 0.3 is 0 Å².